The van der Waals surface area contributed by atoms with Gasteiger partial charge in [0.1, 0.15) is 16.3 Å². The van der Waals surface area contributed by atoms with Crippen LogP contribution in [0.2, 0.25) is 0 Å². The lowest BCUT2D eigenvalue weighted by molar-refractivity contribution is 0.112. The van der Waals surface area contributed by atoms with E-state index < -0.39 is 0 Å². The van der Waals surface area contributed by atoms with Crippen LogP contribution < -0.4 is 4.74 Å². The van der Waals surface area contributed by atoms with Crippen molar-refractivity contribution in [3.8, 4) is 17.0 Å². The Morgan fingerprint density at radius 3 is 2.93 bits per heavy atom. The molecule has 0 aliphatic rings. The van der Waals surface area contributed by atoms with Crippen LogP contribution in [0.4, 0.5) is 0 Å². The highest BCUT2D eigenvalue weighted by Crippen LogP contribution is 2.30. The topological polar surface area (TPSA) is 52.1 Å². The maximum atomic E-state index is 10.8. The van der Waals surface area contributed by atoms with Gasteiger partial charge in [-0.1, -0.05) is 16.6 Å². The average Bonchev–Trinajstić information content (AvgIpc) is 2.76. The molecule has 76 valence electrons. The van der Waals surface area contributed by atoms with Crippen molar-refractivity contribution < 1.29 is 9.53 Å². The Bertz CT molecular complexity index is 482. The monoisotopic (exact) mass is 220 g/mol. The lowest BCUT2D eigenvalue weighted by atomic mass is 10.1. The highest BCUT2D eigenvalue weighted by molar-refractivity contribution is 7.07. The standard InChI is InChI=1S/C10H8N2O2S/c1-14-8-5-3-2-4-7(8)10-9(6-13)15-12-11-10/h2-6H,1H3. The number of methoxy groups -OCH3 is 1. The molecule has 0 fully saturated rings. The Kier molecular flexibility index (Phi) is 2.73. The van der Waals surface area contributed by atoms with E-state index in [0.29, 0.717) is 16.3 Å². The van der Waals surface area contributed by atoms with Crippen LogP contribution in [-0.4, -0.2) is 23.0 Å². The van der Waals surface area contributed by atoms with E-state index in [1.54, 1.807) is 7.11 Å². The molecule has 0 aliphatic heterocycles. The van der Waals surface area contributed by atoms with E-state index in [4.69, 9.17) is 4.74 Å². The van der Waals surface area contributed by atoms with Crippen molar-refractivity contribution in [2.75, 3.05) is 7.11 Å². The molecule has 1 heterocycles. The molecule has 0 atom stereocenters. The molecule has 2 aromatic rings. The Balaban J connectivity index is 2.58. The molecule has 0 unspecified atom stereocenters. The van der Waals surface area contributed by atoms with E-state index in [2.05, 4.69) is 9.59 Å². The minimum Gasteiger partial charge on any atom is -0.496 e. The van der Waals surface area contributed by atoms with Crippen LogP contribution in [0.5, 0.6) is 5.75 Å². The van der Waals surface area contributed by atoms with Crippen molar-refractivity contribution in [2.24, 2.45) is 0 Å². The van der Waals surface area contributed by atoms with Crippen LogP contribution in [0.25, 0.3) is 11.3 Å². The summed E-state index contributed by atoms with van der Waals surface area (Å²) in [7, 11) is 1.58. The van der Waals surface area contributed by atoms with Gasteiger partial charge in [-0.3, -0.25) is 4.79 Å². The quantitative estimate of drug-likeness (QED) is 0.742. The summed E-state index contributed by atoms with van der Waals surface area (Å²) in [6.07, 6.45) is 0.756. The Morgan fingerprint density at radius 2 is 2.20 bits per heavy atom. The Morgan fingerprint density at radius 1 is 1.40 bits per heavy atom. The van der Waals surface area contributed by atoms with Crippen LogP contribution in [0, 0.1) is 0 Å². The summed E-state index contributed by atoms with van der Waals surface area (Å²) >= 11 is 1.08. The molecule has 1 aromatic heterocycles. The zero-order valence-corrected chi connectivity index (χ0v) is 8.82. The van der Waals surface area contributed by atoms with E-state index in [0.717, 1.165) is 23.4 Å². The molecule has 0 aliphatic carbocycles. The molecule has 0 N–H and O–H groups in total. The molecular formula is C10H8N2O2S. The largest absolute Gasteiger partial charge is 0.496 e. The first kappa shape index (κ1) is 9.79. The number of hydrogen-bond donors (Lipinski definition) is 0. The summed E-state index contributed by atoms with van der Waals surface area (Å²) in [4.78, 5) is 11.3. The van der Waals surface area contributed by atoms with Gasteiger partial charge >= 0.3 is 0 Å². The van der Waals surface area contributed by atoms with Gasteiger partial charge < -0.3 is 4.74 Å². The third-order valence-electron chi connectivity index (χ3n) is 1.98. The fourth-order valence-electron chi connectivity index (χ4n) is 1.30. The predicted molar refractivity (Wildman–Crippen MR) is 57.3 cm³/mol. The van der Waals surface area contributed by atoms with Crippen LogP contribution in [0.15, 0.2) is 24.3 Å². The van der Waals surface area contributed by atoms with Gasteiger partial charge in [-0.05, 0) is 23.7 Å². The first-order valence-corrected chi connectivity index (χ1v) is 5.05. The zero-order chi connectivity index (χ0) is 10.7. The van der Waals surface area contributed by atoms with Crippen molar-refractivity contribution in [3.63, 3.8) is 0 Å². The van der Waals surface area contributed by atoms with Crippen LogP contribution in [0.1, 0.15) is 9.67 Å². The number of carbonyl (C=O) groups excluding carboxylic acids is 1. The summed E-state index contributed by atoms with van der Waals surface area (Å²) in [5.41, 5.74) is 1.36. The predicted octanol–water partition coefficient (Wildman–Crippen LogP) is 2.03. The molecule has 0 spiro atoms. The summed E-state index contributed by atoms with van der Waals surface area (Å²) in [6, 6.07) is 7.40. The molecule has 0 amide bonds. The van der Waals surface area contributed by atoms with Gasteiger partial charge in [-0.15, -0.1) is 5.10 Å². The highest BCUT2D eigenvalue weighted by Gasteiger charge is 2.13. The van der Waals surface area contributed by atoms with Crippen LogP contribution in [-0.2, 0) is 0 Å². The SMILES string of the molecule is COc1ccccc1-c1nnsc1C=O. The maximum Gasteiger partial charge on any atom is 0.163 e. The van der Waals surface area contributed by atoms with Crippen molar-refractivity contribution >= 4 is 17.8 Å². The lowest BCUT2D eigenvalue weighted by Gasteiger charge is -2.04. The fraction of sp³-hybridized carbons (Fsp3) is 0.100. The fourth-order valence-corrected chi connectivity index (χ4v) is 1.79. The number of para-hydroxylation sites is 1. The molecule has 0 saturated heterocycles. The molecule has 1 aromatic carbocycles. The van der Waals surface area contributed by atoms with Crippen molar-refractivity contribution in [3.05, 3.63) is 29.1 Å². The maximum absolute atomic E-state index is 10.8. The number of nitrogens with zero attached hydrogens (tertiary/aromatic N) is 2. The summed E-state index contributed by atoms with van der Waals surface area (Å²) in [5.74, 6) is 0.688. The zero-order valence-electron chi connectivity index (χ0n) is 8.01. The van der Waals surface area contributed by atoms with Gasteiger partial charge in [0.25, 0.3) is 0 Å². The molecular weight excluding hydrogens is 212 g/mol. The smallest absolute Gasteiger partial charge is 0.163 e. The van der Waals surface area contributed by atoms with Gasteiger partial charge in [0.05, 0.1) is 7.11 Å². The second-order valence-corrected chi connectivity index (χ2v) is 3.59. The van der Waals surface area contributed by atoms with Gasteiger partial charge in [-0.2, -0.15) is 0 Å². The second-order valence-electron chi connectivity index (χ2n) is 2.80. The summed E-state index contributed by atoms with van der Waals surface area (Å²) < 4.78 is 8.94. The van der Waals surface area contributed by atoms with Gasteiger partial charge in [0.15, 0.2) is 6.29 Å². The third-order valence-corrected chi connectivity index (χ3v) is 2.63. The van der Waals surface area contributed by atoms with E-state index in [9.17, 15) is 4.79 Å². The third kappa shape index (κ3) is 1.73. The summed E-state index contributed by atoms with van der Waals surface area (Å²) in [6.45, 7) is 0. The van der Waals surface area contributed by atoms with Gasteiger partial charge in [-0.25, -0.2) is 0 Å². The van der Waals surface area contributed by atoms with Crippen molar-refractivity contribution in [2.45, 2.75) is 0 Å². The first-order valence-electron chi connectivity index (χ1n) is 4.27. The molecule has 2 rings (SSSR count). The normalized spacial score (nSPS) is 9.93. The lowest BCUT2D eigenvalue weighted by Crippen LogP contribution is -1.89. The minimum absolute atomic E-state index is 0.513. The molecule has 4 nitrogen and oxygen atoms in total. The van der Waals surface area contributed by atoms with Crippen molar-refractivity contribution in [1.82, 2.24) is 9.59 Å². The molecule has 0 radical (unpaired) electrons. The van der Waals surface area contributed by atoms with Crippen molar-refractivity contribution in [1.29, 1.82) is 0 Å². The average molecular weight is 220 g/mol. The molecule has 0 bridgehead atoms. The van der Waals surface area contributed by atoms with E-state index in [-0.39, 0.29) is 0 Å². The Labute approximate surface area is 90.7 Å². The van der Waals surface area contributed by atoms with Gasteiger partial charge in [0, 0.05) is 5.56 Å². The number of carbonyl (C=O) groups is 1. The molecule has 5 heteroatoms. The van der Waals surface area contributed by atoms with Crippen LogP contribution >= 0.6 is 11.5 Å². The van der Waals surface area contributed by atoms with E-state index in [1.165, 1.54) is 0 Å². The number of rotatable bonds is 3. The number of benzene rings is 1. The Hall–Kier alpha value is -1.75. The van der Waals surface area contributed by atoms with E-state index in [1.807, 2.05) is 24.3 Å². The molecule has 0 saturated carbocycles. The summed E-state index contributed by atoms with van der Waals surface area (Å²) in [5, 5.41) is 3.92. The number of aldehydes is 1. The van der Waals surface area contributed by atoms with Crippen LogP contribution in [0.3, 0.4) is 0 Å². The second kappa shape index (κ2) is 4.18. The molecule has 15 heavy (non-hydrogen) atoms. The number of aromatic nitrogens is 2. The first-order chi connectivity index (χ1) is 7.36. The highest BCUT2D eigenvalue weighted by atomic mass is 32.1. The minimum atomic E-state index is 0.513. The number of hydrogen-bond acceptors (Lipinski definition) is 5. The number of ether oxygens (including phenoxy) is 1. The van der Waals surface area contributed by atoms with E-state index >= 15 is 0 Å². The van der Waals surface area contributed by atoms with Gasteiger partial charge in [0.2, 0.25) is 0 Å².